The van der Waals surface area contributed by atoms with Gasteiger partial charge in [-0.25, -0.2) is 0 Å². The zero-order valence-electron chi connectivity index (χ0n) is 12.6. The SMILES string of the molecule is CN(C)c1ccc(/C=C/c2ccnc3ccccc23)c(Cl)c1. The molecule has 3 aromatic rings. The van der Waals surface area contributed by atoms with Crippen molar-refractivity contribution >= 4 is 40.3 Å². The molecule has 0 atom stereocenters. The average Bonchev–Trinajstić information content (AvgIpc) is 2.53. The number of benzene rings is 2. The van der Waals surface area contributed by atoms with Crippen molar-refractivity contribution in [1.29, 1.82) is 0 Å². The lowest BCUT2D eigenvalue weighted by atomic mass is 10.1. The highest BCUT2D eigenvalue weighted by molar-refractivity contribution is 6.32. The molecule has 0 unspecified atom stereocenters. The van der Waals surface area contributed by atoms with Crippen molar-refractivity contribution in [3.8, 4) is 0 Å². The first-order valence-corrected chi connectivity index (χ1v) is 7.51. The Morgan fingerprint density at radius 2 is 1.73 bits per heavy atom. The zero-order valence-corrected chi connectivity index (χ0v) is 13.4. The maximum atomic E-state index is 6.37. The molecule has 0 saturated carbocycles. The molecule has 3 rings (SSSR count). The summed E-state index contributed by atoms with van der Waals surface area (Å²) in [5, 5.41) is 1.89. The van der Waals surface area contributed by atoms with Crippen molar-refractivity contribution in [2.24, 2.45) is 0 Å². The smallest absolute Gasteiger partial charge is 0.0707 e. The van der Waals surface area contributed by atoms with E-state index in [0.29, 0.717) is 0 Å². The number of nitrogens with zero attached hydrogens (tertiary/aromatic N) is 2. The predicted octanol–water partition coefficient (Wildman–Crippen LogP) is 5.12. The summed E-state index contributed by atoms with van der Waals surface area (Å²) in [5.41, 5.74) is 4.24. The molecule has 2 aromatic carbocycles. The first-order chi connectivity index (χ1) is 10.6. The summed E-state index contributed by atoms with van der Waals surface area (Å²) in [5.74, 6) is 0. The van der Waals surface area contributed by atoms with E-state index in [1.807, 2.05) is 67.7 Å². The number of rotatable bonds is 3. The van der Waals surface area contributed by atoms with E-state index in [-0.39, 0.29) is 0 Å². The van der Waals surface area contributed by atoms with E-state index in [1.54, 1.807) is 0 Å². The second-order valence-corrected chi connectivity index (χ2v) is 5.76. The van der Waals surface area contributed by atoms with Gasteiger partial charge in [0, 0.05) is 36.4 Å². The number of aromatic nitrogens is 1. The maximum absolute atomic E-state index is 6.37. The Bertz CT molecular complexity index is 832. The number of fused-ring (bicyclic) bond motifs is 1. The second kappa shape index (κ2) is 6.20. The fraction of sp³-hybridized carbons (Fsp3) is 0.105. The van der Waals surface area contributed by atoms with Crippen LogP contribution in [0.25, 0.3) is 23.1 Å². The molecule has 0 aliphatic carbocycles. The molecule has 0 aliphatic heterocycles. The minimum Gasteiger partial charge on any atom is -0.378 e. The molecule has 0 spiro atoms. The maximum Gasteiger partial charge on any atom is 0.0707 e. The van der Waals surface area contributed by atoms with Crippen LogP contribution in [-0.4, -0.2) is 19.1 Å². The van der Waals surface area contributed by atoms with Gasteiger partial charge in [0.15, 0.2) is 0 Å². The molecule has 110 valence electrons. The third-order valence-corrected chi connectivity index (χ3v) is 3.95. The van der Waals surface area contributed by atoms with Crippen LogP contribution in [0.2, 0.25) is 5.02 Å². The first kappa shape index (κ1) is 14.6. The molecule has 0 bridgehead atoms. The molecule has 0 aliphatic rings. The van der Waals surface area contributed by atoms with E-state index in [0.717, 1.165) is 32.7 Å². The van der Waals surface area contributed by atoms with Gasteiger partial charge in [0.25, 0.3) is 0 Å². The zero-order chi connectivity index (χ0) is 15.5. The lowest BCUT2D eigenvalue weighted by Crippen LogP contribution is -2.08. The lowest BCUT2D eigenvalue weighted by molar-refractivity contribution is 1.13. The molecular formula is C19H17ClN2. The molecule has 22 heavy (non-hydrogen) atoms. The molecule has 3 heteroatoms. The van der Waals surface area contributed by atoms with Crippen LogP contribution < -0.4 is 4.90 Å². The van der Waals surface area contributed by atoms with Gasteiger partial charge < -0.3 is 4.90 Å². The molecule has 1 heterocycles. The third kappa shape index (κ3) is 2.97. The van der Waals surface area contributed by atoms with Gasteiger partial charge in [0.1, 0.15) is 0 Å². The third-order valence-electron chi connectivity index (χ3n) is 3.63. The largest absolute Gasteiger partial charge is 0.378 e. The Balaban J connectivity index is 1.96. The quantitative estimate of drug-likeness (QED) is 0.667. The summed E-state index contributed by atoms with van der Waals surface area (Å²) < 4.78 is 0. The standard InChI is InChI=1S/C19H17ClN2/c1-22(2)16-10-9-15(18(20)13-16)8-7-14-11-12-21-19-6-4-3-5-17(14)19/h3-13H,1-2H3/b8-7+. The normalized spacial score (nSPS) is 11.2. The van der Waals surface area contributed by atoms with Gasteiger partial charge in [-0.15, -0.1) is 0 Å². The van der Waals surface area contributed by atoms with Gasteiger partial charge in [0.2, 0.25) is 0 Å². The van der Waals surface area contributed by atoms with Crippen LogP contribution >= 0.6 is 11.6 Å². The minimum atomic E-state index is 0.751. The molecular weight excluding hydrogens is 292 g/mol. The van der Waals surface area contributed by atoms with E-state index < -0.39 is 0 Å². The van der Waals surface area contributed by atoms with Crippen molar-refractivity contribution in [2.75, 3.05) is 19.0 Å². The van der Waals surface area contributed by atoms with Crippen LogP contribution in [0.15, 0.2) is 54.7 Å². The summed E-state index contributed by atoms with van der Waals surface area (Å²) in [4.78, 5) is 6.42. The number of hydrogen-bond acceptors (Lipinski definition) is 2. The first-order valence-electron chi connectivity index (χ1n) is 7.14. The monoisotopic (exact) mass is 308 g/mol. The number of para-hydroxylation sites is 1. The van der Waals surface area contributed by atoms with E-state index >= 15 is 0 Å². The number of halogens is 1. The van der Waals surface area contributed by atoms with Gasteiger partial charge in [0.05, 0.1) is 5.52 Å². The molecule has 0 radical (unpaired) electrons. The lowest BCUT2D eigenvalue weighted by Gasteiger charge is -2.13. The van der Waals surface area contributed by atoms with Crippen molar-refractivity contribution < 1.29 is 0 Å². The van der Waals surface area contributed by atoms with Crippen LogP contribution in [0.4, 0.5) is 5.69 Å². The van der Waals surface area contributed by atoms with E-state index in [2.05, 4.69) is 23.2 Å². The Morgan fingerprint density at radius 1 is 0.955 bits per heavy atom. The van der Waals surface area contributed by atoms with Crippen LogP contribution in [0.1, 0.15) is 11.1 Å². The van der Waals surface area contributed by atoms with E-state index in [9.17, 15) is 0 Å². The highest BCUT2D eigenvalue weighted by Crippen LogP contribution is 2.25. The fourth-order valence-electron chi connectivity index (χ4n) is 2.37. The van der Waals surface area contributed by atoms with E-state index in [1.165, 1.54) is 0 Å². The fourth-order valence-corrected chi connectivity index (χ4v) is 2.61. The van der Waals surface area contributed by atoms with Crippen molar-refractivity contribution in [3.63, 3.8) is 0 Å². The van der Waals surface area contributed by atoms with Gasteiger partial charge >= 0.3 is 0 Å². The van der Waals surface area contributed by atoms with E-state index in [4.69, 9.17) is 11.6 Å². The van der Waals surface area contributed by atoms with Crippen LogP contribution in [-0.2, 0) is 0 Å². The second-order valence-electron chi connectivity index (χ2n) is 5.35. The molecule has 0 saturated heterocycles. The van der Waals surface area contributed by atoms with Crippen LogP contribution in [0, 0.1) is 0 Å². The van der Waals surface area contributed by atoms with Crippen molar-refractivity contribution in [3.05, 3.63) is 70.9 Å². The summed E-state index contributed by atoms with van der Waals surface area (Å²) in [6.07, 6.45) is 5.96. The average molecular weight is 309 g/mol. The number of hydrogen-bond donors (Lipinski definition) is 0. The van der Waals surface area contributed by atoms with Crippen molar-refractivity contribution in [1.82, 2.24) is 4.98 Å². The Morgan fingerprint density at radius 3 is 2.50 bits per heavy atom. The highest BCUT2D eigenvalue weighted by atomic mass is 35.5. The van der Waals surface area contributed by atoms with Gasteiger partial charge in [-0.05, 0) is 35.4 Å². The predicted molar refractivity (Wildman–Crippen MR) is 96.5 cm³/mol. The topological polar surface area (TPSA) is 16.1 Å². The van der Waals surface area contributed by atoms with Gasteiger partial charge in [-0.3, -0.25) is 4.98 Å². The number of anilines is 1. The summed E-state index contributed by atoms with van der Waals surface area (Å²) in [6.45, 7) is 0. The molecule has 0 amide bonds. The van der Waals surface area contributed by atoms with Gasteiger partial charge in [-0.2, -0.15) is 0 Å². The Kier molecular flexibility index (Phi) is 4.12. The summed E-state index contributed by atoms with van der Waals surface area (Å²) in [7, 11) is 4.01. The van der Waals surface area contributed by atoms with Crippen molar-refractivity contribution in [2.45, 2.75) is 0 Å². The Hall–Kier alpha value is -2.32. The molecule has 2 nitrogen and oxygen atoms in total. The number of pyridine rings is 1. The Labute approximate surface area is 135 Å². The summed E-state index contributed by atoms with van der Waals surface area (Å²) in [6, 6.07) is 16.2. The highest BCUT2D eigenvalue weighted by Gasteiger charge is 2.02. The van der Waals surface area contributed by atoms with Gasteiger partial charge in [-0.1, -0.05) is 48.0 Å². The minimum absolute atomic E-state index is 0.751. The molecule has 1 aromatic heterocycles. The van der Waals surface area contributed by atoms with Crippen LogP contribution in [0.5, 0.6) is 0 Å². The molecule has 0 N–H and O–H groups in total. The van der Waals surface area contributed by atoms with Crippen LogP contribution in [0.3, 0.4) is 0 Å². The summed E-state index contributed by atoms with van der Waals surface area (Å²) >= 11 is 6.37. The molecule has 0 fully saturated rings.